The Morgan fingerprint density at radius 3 is 2.33 bits per heavy atom. The molecule has 21 heavy (non-hydrogen) atoms. The zero-order chi connectivity index (χ0) is 14.5. The van der Waals surface area contributed by atoms with Crippen molar-refractivity contribution in [1.82, 2.24) is 5.32 Å². The quantitative estimate of drug-likeness (QED) is 0.770. The Kier molecular flexibility index (Phi) is 3.97. The van der Waals surface area contributed by atoms with Crippen LogP contribution in [0, 0.1) is 0 Å². The number of benzene rings is 3. The third kappa shape index (κ3) is 3.29. The molecule has 0 saturated heterocycles. The van der Waals surface area contributed by atoms with Crippen LogP contribution in [-0.2, 0) is 6.42 Å². The molecule has 0 heterocycles. The molecule has 2 nitrogen and oxygen atoms in total. The minimum atomic E-state index is -0.0172. The van der Waals surface area contributed by atoms with Crippen molar-refractivity contribution in [3.8, 4) is 0 Å². The average molecular weight is 275 g/mol. The summed E-state index contributed by atoms with van der Waals surface area (Å²) in [7, 11) is 0. The number of nitrogens with one attached hydrogen (secondary N) is 1. The van der Waals surface area contributed by atoms with Crippen molar-refractivity contribution < 1.29 is 4.79 Å². The van der Waals surface area contributed by atoms with Crippen LogP contribution < -0.4 is 5.32 Å². The van der Waals surface area contributed by atoms with E-state index in [1.807, 2.05) is 42.5 Å². The molecule has 0 aliphatic rings. The van der Waals surface area contributed by atoms with Crippen molar-refractivity contribution in [3.63, 3.8) is 0 Å². The number of rotatable bonds is 4. The fourth-order valence-electron chi connectivity index (χ4n) is 2.41. The van der Waals surface area contributed by atoms with Gasteiger partial charge in [0.1, 0.15) is 0 Å². The fraction of sp³-hybridized carbons (Fsp3) is 0.105. The molecule has 2 heteroatoms. The molecule has 0 aromatic heterocycles. The molecule has 0 saturated carbocycles. The molecule has 0 fully saturated rings. The van der Waals surface area contributed by atoms with E-state index in [2.05, 4.69) is 35.6 Å². The number of hydrogen-bond donors (Lipinski definition) is 1. The van der Waals surface area contributed by atoms with Gasteiger partial charge in [-0.2, -0.15) is 0 Å². The summed E-state index contributed by atoms with van der Waals surface area (Å²) in [6.07, 6.45) is 0.837. The maximum Gasteiger partial charge on any atom is 0.251 e. The Bertz CT molecular complexity index is 750. The molecule has 0 atom stereocenters. The van der Waals surface area contributed by atoms with Crippen molar-refractivity contribution >= 4 is 16.7 Å². The van der Waals surface area contributed by atoms with Gasteiger partial charge in [0.15, 0.2) is 0 Å². The molecule has 3 aromatic carbocycles. The predicted molar refractivity (Wildman–Crippen MR) is 86.4 cm³/mol. The summed E-state index contributed by atoms with van der Waals surface area (Å²) in [5.41, 5.74) is 1.94. The molecule has 104 valence electrons. The Hall–Kier alpha value is -2.61. The lowest BCUT2D eigenvalue weighted by Gasteiger charge is -2.06. The minimum Gasteiger partial charge on any atom is -0.352 e. The lowest BCUT2D eigenvalue weighted by atomic mass is 10.1. The number of carbonyl (C=O) groups is 1. The summed E-state index contributed by atoms with van der Waals surface area (Å²) in [5, 5.41) is 5.44. The van der Waals surface area contributed by atoms with E-state index in [1.165, 1.54) is 16.3 Å². The van der Waals surface area contributed by atoms with E-state index in [9.17, 15) is 4.79 Å². The van der Waals surface area contributed by atoms with Gasteiger partial charge in [0.05, 0.1) is 0 Å². The minimum absolute atomic E-state index is 0.0172. The first-order chi connectivity index (χ1) is 10.3. The Morgan fingerprint density at radius 2 is 1.52 bits per heavy atom. The average Bonchev–Trinajstić information content (AvgIpc) is 2.55. The van der Waals surface area contributed by atoms with Crippen molar-refractivity contribution in [2.45, 2.75) is 6.42 Å². The molecule has 0 aliphatic carbocycles. The molecule has 1 N–H and O–H groups in total. The van der Waals surface area contributed by atoms with Crippen molar-refractivity contribution in [1.29, 1.82) is 0 Å². The van der Waals surface area contributed by atoms with Crippen molar-refractivity contribution in [2.75, 3.05) is 6.54 Å². The molecular weight excluding hydrogens is 258 g/mol. The summed E-state index contributed by atoms with van der Waals surface area (Å²) in [6.45, 7) is 0.645. The lowest BCUT2D eigenvalue weighted by molar-refractivity contribution is 0.0954. The molecule has 3 aromatic rings. The van der Waals surface area contributed by atoms with Gasteiger partial charge in [0.25, 0.3) is 5.91 Å². The van der Waals surface area contributed by atoms with Gasteiger partial charge >= 0.3 is 0 Å². The van der Waals surface area contributed by atoms with Gasteiger partial charge in [-0.15, -0.1) is 0 Å². The number of hydrogen-bond acceptors (Lipinski definition) is 1. The van der Waals surface area contributed by atoms with Gasteiger partial charge in [0.2, 0.25) is 0 Å². The molecule has 0 bridgehead atoms. The molecule has 1 amide bonds. The van der Waals surface area contributed by atoms with Crippen LogP contribution in [0.2, 0.25) is 0 Å². The maximum atomic E-state index is 11.9. The largest absolute Gasteiger partial charge is 0.352 e. The summed E-state index contributed by atoms with van der Waals surface area (Å²) >= 11 is 0. The van der Waals surface area contributed by atoms with Gasteiger partial charge < -0.3 is 5.32 Å². The van der Waals surface area contributed by atoms with Crippen LogP contribution in [0.4, 0.5) is 0 Å². The third-order valence-corrected chi connectivity index (χ3v) is 3.55. The van der Waals surface area contributed by atoms with E-state index < -0.39 is 0 Å². The van der Waals surface area contributed by atoms with E-state index in [4.69, 9.17) is 0 Å². The fourth-order valence-corrected chi connectivity index (χ4v) is 2.41. The second kappa shape index (κ2) is 6.23. The Morgan fingerprint density at radius 1 is 0.810 bits per heavy atom. The first-order valence-corrected chi connectivity index (χ1v) is 7.14. The van der Waals surface area contributed by atoms with Crippen LogP contribution in [0.25, 0.3) is 10.8 Å². The highest BCUT2D eigenvalue weighted by molar-refractivity contribution is 5.94. The molecule has 0 aliphatic heterocycles. The first kappa shape index (κ1) is 13.4. The van der Waals surface area contributed by atoms with Gasteiger partial charge in [-0.1, -0.05) is 60.7 Å². The van der Waals surface area contributed by atoms with Gasteiger partial charge in [-0.25, -0.2) is 0 Å². The zero-order valence-electron chi connectivity index (χ0n) is 11.8. The first-order valence-electron chi connectivity index (χ1n) is 7.14. The second-order valence-corrected chi connectivity index (χ2v) is 5.05. The summed E-state index contributed by atoms with van der Waals surface area (Å²) in [4.78, 5) is 11.9. The Labute approximate surface area is 124 Å². The number of carbonyl (C=O) groups excluding carboxylic acids is 1. The van der Waals surface area contributed by atoms with E-state index >= 15 is 0 Å². The molecule has 0 radical (unpaired) electrons. The van der Waals surface area contributed by atoms with Crippen LogP contribution >= 0.6 is 0 Å². The lowest BCUT2D eigenvalue weighted by Crippen LogP contribution is -2.25. The number of amides is 1. The Balaban J connectivity index is 1.60. The van der Waals surface area contributed by atoms with Crippen LogP contribution in [0.5, 0.6) is 0 Å². The summed E-state index contributed by atoms with van der Waals surface area (Å²) in [5.74, 6) is -0.0172. The number of fused-ring (bicyclic) bond motifs is 1. The second-order valence-electron chi connectivity index (χ2n) is 5.05. The molecule has 3 rings (SSSR count). The molecular formula is C19H17NO. The molecule has 0 unspecified atom stereocenters. The predicted octanol–water partition coefficient (Wildman–Crippen LogP) is 3.81. The van der Waals surface area contributed by atoms with Crippen molar-refractivity contribution in [3.05, 3.63) is 83.9 Å². The standard InChI is InChI=1S/C19H17NO/c21-19(17-7-2-1-3-8-17)20-13-12-15-10-11-16-6-4-5-9-18(16)14-15/h1-11,14H,12-13H2,(H,20,21). The van der Waals surface area contributed by atoms with Crippen LogP contribution in [0.3, 0.4) is 0 Å². The summed E-state index contributed by atoms with van der Waals surface area (Å²) in [6, 6.07) is 24.0. The van der Waals surface area contributed by atoms with Crippen LogP contribution in [-0.4, -0.2) is 12.5 Å². The topological polar surface area (TPSA) is 29.1 Å². The van der Waals surface area contributed by atoms with Gasteiger partial charge in [-0.05, 0) is 34.9 Å². The van der Waals surface area contributed by atoms with Gasteiger partial charge in [0, 0.05) is 12.1 Å². The monoisotopic (exact) mass is 275 g/mol. The zero-order valence-corrected chi connectivity index (χ0v) is 11.8. The van der Waals surface area contributed by atoms with Crippen LogP contribution in [0.1, 0.15) is 15.9 Å². The van der Waals surface area contributed by atoms with Crippen molar-refractivity contribution in [2.24, 2.45) is 0 Å². The van der Waals surface area contributed by atoms with Gasteiger partial charge in [-0.3, -0.25) is 4.79 Å². The molecule has 0 spiro atoms. The third-order valence-electron chi connectivity index (χ3n) is 3.55. The van der Waals surface area contributed by atoms with E-state index in [1.54, 1.807) is 0 Å². The van der Waals surface area contributed by atoms with E-state index in [0.29, 0.717) is 12.1 Å². The van der Waals surface area contributed by atoms with E-state index in [0.717, 1.165) is 6.42 Å². The summed E-state index contributed by atoms with van der Waals surface area (Å²) < 4.78 is 0. The van der Waals surface area contributed by atoms with Crippen LogP contribution in [0.15, 0.2) is 72.8 Å². The SMILES string of the molecule is O=C(NCCc1ccc2ccccc2c1)c1ccccc1. The normalized spacial score (nSPS) is 10.5. The maximum absolute atomic E-state index is 11.9. The highest BCUT2D eigenvalue weighted by Gasteiger charge is 2.03. The highest BCUT2D eigenvalue weighted by atomic mass is 16.1. The van der Waals surface area contributed by atoms with E-state index in [-0.39, 0.29) is 5.91 Å². The highest BCUT2D eigenvalue weighted by Crippen LogP contribution is 2.15. The smallest absolute Gasteiger partial charge is 0.251 e.